The first-order valence-corrected chi connectivity index (χ1v) is 9.96. The molecular weight excluding hydrogens is 360 g/mol. The lowest BCUT2D eigenvalue weighted by Crippen LogP contribution is -2.47. The van der Waals surface area contributed by atoms with Gasteiger partial charge in [0.2, 0.25) is 0 Å². The molecule has 6 nitrogen and oxygen atoms in total. The third-order valence-electron chi connectivity index (χ3n) is 5.47. The summed E-state index contributed by atoms with van der Waals surface area (Å²) in [5, 5.41) is 3.29. The minimum absolute atomic E-state index is 0.855. The maximum Gasteiger partial charge on any atom is 0.153 e. The van der Waals surface area contributed by atoms with Crippen molar-refractivity contribution in [3.63, 3.8) is 0 Å². The maximum atomic E-state index is 4.65. The summed E-state index contributed by atoms with van der Waals surface area (Å²) in [6, 6.07) is 20.8. The van der Waals surface area contributed by atoms with Gasteiger partial charge in [-0.3, -0.25) is 0 Å². The van der Waals surface area contributed by atoms with E-state index in [0.29, 0.717) is 0 Å². The van der Waals surface area contributed by atoms with Gasteiger partial charge in [0.05, 0.1) is 5.39 Å². The van der Waals surface area contributed by atoms with Gasteiger partial charge in [-0.15, -0.1) is 0 Å². The van der Waals surface area contributed by atoms with E-state index < -0.39 is 0 Å². The molecule has 2 aromatic carbocycles. The van der Waals surface area contributed by atoms with Crippen molar-refractivity contribution in [1.82, 2.24) is 24.4 Å². The number of nitrogens with one attached hydrogen (secondary N) is 1. The topological polar surface area (TPSA) is 49.2 Å². The summed E-state index contributed by atoms with van der Waals surface area (Å²) >= 11 is 0. The van der Waals surface area contributed by atoms with Crippen molar-refractivity contribution in [3.8, 4) is 16.8 Å². The van der Waals surface area contributed by atoms with Crippen molar-refractivity contribution >= 4 is 16.9 Å². The number of nitrogens with zero attached hydrogens (tertiary/aromatic N) is 5. The second-order valence-corrected chi connectivity index (χ2v) is 7.44. The summed E-state index contributed by atoms with van der Waals surface area (Å²) in [4.78, 5) is 11.6. The number of hydrazine groups is 1. The molecule has 0 unspecified atom stereocenters. The fourth-order valence-electron chi connectivity index (χ4n) is 3.84. The van der Waals surface area contributed by atoms with E-state index in [2.05, 4.69) is 79.5 Å². The molecule has 6 heteroatoms. The minimum Gasteiger partial charge on any atom is -0.304 e. The monoisotopic (exact) mass is 384 g/mol. The van der Waals surface area contributed by atoms with Crippen LogP contribution in [-0.4, -0.2) is 57.7 Å². The Kier molecular flexibility index (Phi) is 4.71. The van der Waals surface area contributed by atoms with Crippen LogP contribution in [-0.2, 0) is 0 Å². The fourth-order valence-corrected chi connectivity index (χ4v) is 3.84. The highest BCUT2D eigenvalue weighted by molar-refractivity contribution is 6.02. The van der Waals surface area contributed by atoms with Crippen LogP contribution in [0.5, 0.6) is 0 Å². The van der Waals surface area contributed by atoms with Gasteiger partial charge in [0.1, 0.15) is 6.33 Å². The molecule has 0 saturated carbocycles. The average molecular weight is 384 g/mol. The van der Waals surface area contributed by atoms with Crippen LogP contribution in [0.25, 0.3) is 27.8 Å². The molecule has 0 spiro atoms. The van der Waals surface area contributed by atoms with Crippen molar-refractivity contribution in [2.45, 2.75) is 0 Å². The lowest BCUT2D eigenvalue weighted by atomic mass is 10.1. The van der Waals surface area contributed by atoms with E-state index in [1.807, 2.05) is 24.3 Å². The number of likely N-dealkylation sites (N-methyl/N-ethyl adjacent to an activating group) is 1. The summed E-state index contributed by atoms with van der Waals surface area (Å²) in [7, 11) is 2.16. The zero-order valence-corrected chi connectivity index (χ0v) is 16.5. The van der Waals surface area contributed by atoms with Gasteiger partial charge in [0.15, 0.2) is 11.5 Å². The van der Waals surface area contributed by atoms with Gasteiger partial charge < -0.3 is 14.9 Å². The number of para-hydroxylation sites is 1. The second kappa shape index (κ2) is 7.66. The Morgan fingerprint density at radius 1 is 0.828 bits per heavy atom. The van der Waals surface area contributed by atoms with Gasteiger partial charge in [-0.1, -0.05) is 48.5 Å². The van der Waals surface area contributed by atoms with Crippen molar-refractivity contribution in [2.75, 3.05) is 38.7 Å². The normalized spacial score (nSPS) is 15.6. The Hall–Kier alpha value is -3.22. The Bertz CT molecular complexity index is 1100. The summed E-state index contributed by atoms with van der Waals surface area (Å²) in [6.45, 7) is 4.00. The van der Waals surface area contributed by atoms with E-state index in [1.165, 1.54) is 0 Å². The molecule has 3 heterocycles. The molecule has 0 amide bonds. The molecule has 2 aromatic heterocycles. The molecule has 0 bridgehead atoms. The molecule has 1 aliphatic rings. The highest BCUT2D eigenvalue weighted by atomic mass is 15.5. The van der Waals surface area contributed by atoms with Crippen molar-refractivity contribution in [1.29, 1.82) is 0 Å². The van der Waals surface area contributed by atoms with Crippen molar-refractivity contribution in [2.24, 2.45) is 0 Å². The van der Waals surface area contributed by atoms with Gasteiger partial charge in [-0.25, -0.2) is 15.0 Å². The van der Waals surface area contributed by atoms with Crippen LogP contribution in [0, 0.1) is 0 Å². The third kappa shape index (κ3) is 3.48. The standard InChI is InChI=1S/C23H24N6/c1-27-12-14-28(15-13-27)26-22-21-20(18-8-4-2-5-9-18)16-29(23(21)25-17-24-22)19-10-6-3-7-11-19/h2-11,16-17H,12-15H2,1H3,(H,24,25,26). The van der Waals surface area contributed by atoms with Crippen LogP contribution in [0.2, 0.25) is 0 Å². The number of fused-ring (bicyclic) bond motifs is 1. The highest BCUT2D eigenvalue weighted by Gasteiger charge is 2.20. The van der Waals surface area contributed by atoms with E-state index in [0.717, 1.165) is 59.8 Å². The van der Waals surface area contributed by atoms with Crippen LogP contribution in [0.4, 0.5) is 5.82 Å². The molecule has 146 valence electrons. The van der Waals surface area contributed by atoms with Gasteiger partial charge in [0, 0.05) is 43.6 Å². The fraction of sp³-hybridized carbons (Fsp3) is 0.217. The molecule has 1 fully saturated rings. The summed E-state index contributed by atoms with van der Waals surface area (Å²) in [6.07, 6.45) is 3.81. The van der Waals surface area contributed by atoms with Crippen molar-refractivity contribution in [3.05, 3.63) is 73.2 Å². The zero-order valence-electron chi connectivity index (χ0n) is 16.5. The van der Waals surface area contributed by atoms with Crippen LogP contribution in [0.1, 0.15) is 0 Å². The van der Waals surface area contributed by atoms with Crippen LogP contribution < -0.4 is 5.43 Å². The van der Waals surface area contributed by atoms with Gasteiger partial charge in [-0.2, -0.15) is 0 Å². The first-order valence-electron chi connectivity index (χ1n) is 9.96. The Morgan fingerprint density at radius 2 is 1.52 bits per heavy atom. The highest BCUT2D eigenvalue weighted by Crippen LogP contribution is 2.35. The summed E-state index contributed by atoms with van der Waals surface area (Å²) in [5.41, 5.74) is 7.84. The molecule has 0 atom stereocenters. The number of anilines is 1. The van der Waals surface area contributed by atoms with E-state index >= 15 is 0 Å². The molecule has 4 aromatic rings. The Balaban J connectivity index is 1.65. The predicted molar refractivity (Wildman–Crippen MR) is 117 cm³/mol. The summed E-state index contributed by atoms with van der Waals surface area (Å²) in [5.74, 6) is 0.855. The number of benzene rings is 2. The number of hydrogen-bond acceptors (Lipinski definition) is 5. The molecule has 29 heavy (non-hydrogen) atoms. The summed E-state index contributed by atoms with van der Waals surface area (Å²) < 4.78 is 2.15. The van der Waals surface area contributed by atoms with E-state index in [-0.39, 0.29) is 0 Å². The molecule has 1 saturated heterocycles. The largest absolute Gasteiger partial charge is 0.304 e. The number of rotatable bonds is 4. The Morgan fingerprint density at radius 3 is 2.24 bits per heavy atom. The van der Waals surface area contributed by atoms with Gasteiger partial charge in [0.25, 0.3) is 0 Å². The third-order valence-corrected chi connectivity index (χ3v) is 5.47. The lowest BCUT2D eigenvalue weighted by molar-refractivity contribution is 0.178. The van der Waals surface area contributed by atoms with Gasteiger partial charge in [-0.05, 0) is 24.7 Å². The predicted octanol–water partition coefficient (Wildman–Crippen LogP) is 3.66. The SMILES string of the molecule is CN1CCN(Nc2ncnc3c2c(-c2ccccc2)cn3-c2ccccc2)CC1. The molecule has 1 N–H and O–H groups in total. The van der Waals surface area contributed by atoms with E-state index in [9.17, 15) is 0 Å². The Labute approximate surface area is 170 Å². The van der Waals surface area contributed by atoms with Crippen LogP contribution >= 0.6 is 0 Å². The smallest absolute Gasteiger partial charge is 0.153 e. The number of hydrogen-bond donors (Lipinski definition) is 1. The van der Waals surface area contributed by atoms with E-state index in [4.69, 9.17) is 0 Å². The first-order chi connectivity index (χ1) is 14.3. The second-order valence-electron chi connectivity index (χ2n) is 7.44. The lowest BCUT2D eigenvalue weighted by Gasteiger charge is -2.32. The molecule has 1 aliphatic heterocycles. The number of piperazine rings is 1. The minimum atomic E-state index is 0.855. The van der Waals surface area contributed by atoms with Gasteiger partial charge >= 0.3 is 0 Å². The number of aromatic nitrogens is 3. The van der Waals surface area contributed by atoms with Crippen LogP contribution in [0.15, 0.2) is 73.2 Å². The average Bonchev–Trinajstić information content (AvgIpc) is 3.17. The van der Waals surface area contributed by atoms with Crippen LogP contribution in [0.3, 0.4) is 0 Å². The zero-order chi connectivity index (χ0) is 19.6. The first kappa shape index (κ1) is 17.8. The molecule has 0 aliphatic carbocycles. The molecular formula is C23H24N6. The van der Waals surface area contributed by atoms with Crippen molar-refractivity contribution < 1.29 is 0 Å². The molecule has 0 radical (unpaired) electrons. The maximum absolute atomic E-state index is 4.65. The quantitative estimate of drug-likeness (QED) is 0.582. The molecule has 5 rings (SSSR count). The van der Waals surface area contributed by atoms with E-state index in [1.54, 1.807) is 6.33 Å².